The van der Waals surface area contributed by atoms with E-state index >= 15 is 0 Å². The lowest BCUT2D eigenvalue weighted by molar-refractivity contribution is -0.457. The number of rotatable bonds is 0. The van der Waals surface area contributed by atoms with Crippen LogP contribution in [-0.2, 0) is 14.2 Å². The minimum atomic E-state index is -0.331. The molecule has 0 amide bonds. The van der Waals surface area contributed by atoms with Crippen molar-refractivity contribution in [3.63, 3.8) is 0 Å². The molecule has 3 fully saturated rings. The third kappa shape index (κ3) is 0.632. The first kappa shape index (κ1) is 4.73. The summed E-state index contributed by atoms with van der Waals surface area (Å²) in [6.45, 7) is 0.448. The van der Waals surface area contributed by atoms with Gasteiger partial charge in [-0.2, -0.15) is 0 Å². The summed E-state index contributed by atoms with van der Waals surface area (Å²) in [6, 6.07) is 0. The Kier molecular flexibility index (Phi) is 0.997. The second kappa shape index (κ2) is 1.69. The molecule has 2 bridgehead atoms. The Morgan fingerprint density at radius 2 is 2.12 bits per heavy atom. The molecule has 0 aromatic heterocycles. The first-order valence-corrected chi connectivity index (χ1v) is 2.88. The zero-order chi connectivity index (χ0) is 5.40. The van der Waals surface area contributed by atoms with E-state index in [9.17, 15) is 0 Å². The summed E-state index contributed by atoms with van der Waals surface area (Å²) in [5.41, 5.74) is 0. The first-order chi connectivity index (χ1) is 3.95. The highest BCUT2D eigenvalue weighted by Gasteiger charge is 2.33. The lowest BCUT2D eigenvalue weighted by atomic mass is 10.3. The van der Waals surface area contributed by atoms with Gasteiger partial charge in [0.15, 0.2) is 6.29 Å². The van der Waals surface area contributed by atoms with Gasteiger partial charge in [0.1, 0.15) is 0 Å². The van der Waals surface area contributed by atoms with Crippen LogP contribution in [0.25, 0.3) is 0 Å². The van der Waals surface area contributed by atoms with Gasteiger partial charge in [0.25, 0.3) is 6.48 Å². The Morgan fingerprint density at radius 3 is 3.00 bits per heavy atom. The molecule has 0 unspecified atom stereocenters. The maximum atomic E-state index is 5.06. The minimum absolute atomic E-state index is 0.0440. The molecule has 3 aliphatic heterocycles. The van der Waals surface area contributed by atoms with Crippen molar-refractivity contribution in [1.82, 2.24) is 0 Å². The van der Waals surface area contributed by atoms with E-state index < -0.39 is 0 Å². The third-order valence-corrected chi connectivity index (χ3v) is 1.36. The smallest absolute Gasteiger partial charge is 0.276 e. The molecule has 0 atom stereocenters. The molecule has 0 radical (unpaired) electrons. The Balaban J connectivity index is 1.95. The van der Waals surface area contributed by atoms with Crippen LogP contribution in [0, 0.1) is 0 Å². The Hall–Kier alpha value is -0.120. The van der Waals surface area contributed by atoms with Crippen molar-refractivity contribution in [2.45, 2.75) is 25.6 Å². The van der Waals surface area contributed by atoms with Crippen molar-refractivity contribution >= 4 is 0 Å². The molecule has 0 saturated carbocycles. The normalized spacial score (nSPS) is 45.0. The van der Waals surface area contributed by atoms with Crippen LogP contribution in [0.3, 0.4) is 0 Å². The molecule has 3 heteroatoms. The van der Waals surface area contributed by atoms with Gasteiger partial charge in [0.05, 0.1) is 6.61 Å². The van der Waals surface area contributed by atoms with E-state index in [0.29, 0.717) is 0 Å². The van der Waals surface area contributed by atoms with Gasteiger partial charge in [-0.3, -0.25) is 9.47 Å². The highest BCUT2D eigenvalue weighted by molar-refractivity contribution is 4.57. The van der Waals surface area contributed by atoms with Crippen LogP contribution in [0.2, 0.25) is 0 Å². The third-order valence-electron chi connectivity index (χ3n) is 1.36. The fourth-order valence-corrected chi connectivity index (χ4v) is 0.902. The Morgan fingerprint density at radius 1 is 1.25 bits per heavy atom. The molecule has 0 spiro atoms. The van der Waals surface area contributed by atoms with Crippen molar-refractivity contribution in [3.05, 3.63) is 0 Å². The summed E-state index contributed by atoms with van der Waals surface area (Å²) >= 11 is 0. The molecular weight excluding hydrogens is 108 g/mol. The van der Waals surface area contributed by atoms with Gasteiger partial charge < -0.3 is 4.74 Å². The van der Waals surface area contributed by atoms with Gasteiger partial charge in [0, 0.05) is 6.42 Å². The summed E-state index contributed by atoms with van der Waals surface area (Å²) in [6.07, 6.45) is 2.08. The lowest BCUT2D eigenvalue weighted by Gasteiger charge is -2.31. The number of ether oxygens (including phenoxy) is 3. The fraction of sp³-hybridized carbons (Fsp3) is 1.00. The molecule has 3 aliphatic rings. The van der Waals surface area contributed by atoms with Crippen LogP contribution in [0.15, 0.2) is 0 Å². The fourth-order valence-electron chi connectivity index (χ4n) is 0.902. The molecule has 3 heterocycles. The van der Waals surface area contributed by atoms with Gasteiger partial charge in [-0.05, 0) is 6.42 Å². The number of hydrogen-bond acceptors (Lipinski definition) is 3. The van der Waals surface area contributed by atoms with Crippen molar-refractivity contribution in [3.8, 4) is 0 Å². The van der Waals surface area contributed by atoms with Crippen LogP contribution < -0.4 is 0 Å². The maximum Gasteiger partial charge on any atom is 0.276 e. The first-order valence-electron chi connectivity index (χ1n) is 2.88. The number of hydrogen-bond donors (Lipinski definition) is 0. The Labute approximate surface area is 47.5 Å². The zero-order valence-corrected chi connectivity index (χ0v) is 4.50. The summed E-state index contributed by atoms with van der Waals surface area (Å²) in [5, 5.41) is 0. The van der Waals surface area contributed by atoms with Crippen LogP contribution in [0.4, 0.5) is 0 Å². The average molecular weight is 116 g/mol. The van der Waals surface area contributed by atoms with Crippen LogP contribution in [0.5, 0.6) is 0 Å². The van der Waals surface area contributed by atoms with E-state index in [1.807, 2.05) is 0 Å². The molecule has 46 valence electrons. The second-order valence-corrected chi connectivity index (χ2v) is 2.00. The van der Waals surface area contributed by atoms with E-state index in [1.54, 1.807) is 0 Å². The van der Waals surface area contributed by atoms with E-state index in [-0.39, 0.29) is 12.8 Å². The summed E-state index contributed by atoms with van der Waals surface area (Å²) in [5.74, 6) is 0. The second-order valence-electron chi connectivity index (χ2n) is 2.00. The highest BCUT2D eigenvalue weighted by Crippen LogP contribution is 2.25. The quantitative estimate of drug-likeness (QED) is 0.460. The summed E-state index contributed by atoms with van der Waals surface area (Å²) < 4.78 is 15.1. The van der Waals surface area contributed by atoms with Crippen molar-refractivity contribution in [1.29, 1.82) is 0 Å². The van der Waals surface area contributed by atoms with Gasteiger partial charge >= 0.3 is 0 Å². The van der Waals surface area contributed by atoms with Gasteiger partial charge in [0.2, 0.25) is 0 Å². The van der Waals surface area contributed by atoms with Crippen molar-refractivity contribution in [2.75, 3.05) is 6.61 Å². The number of fused-ring (bicyclic) bond motifs is 3. The minimum Gasteiger partial charge on any atom is -0.330 e. The largest absolute Gasteiger partial charge is 0.330 e. The maximum absolute atomic E-state index is 5.06. The molecule has 3 nitrogen and oxygen atoms in total. The monoisotopic (exact) mass is 116 g/mol. The van der Waals surface area contributed by atoms with Crippen LogP contribution >= 0.6 is 0 Å². The molecule has 0 N–H and O–H groups in total. The van der Waals surface area contributed by atoms with Crippen molar-refractivity contribution < 1.29 is 14.2 Å². The van der Waals surface area contributed by atoms with E-state index in [0.717, 1.165) is 19.4 Å². The van der Waals surface area contributed by atoms with E-state index in [2.05, 4.69) is 0 Å². The summed E-state index contributed by atoms with van der Waals surface area (Å²) in [7, 11) is 0. The van der Waals surface area contributed by atoms with Crippen LogP contribution in [0.1, 0.15) is 12.8 Å². The SMILES string of the molecule is C1COC2OC(C1)O2. The molecule has 3 saturated heterocycles. The van der Waals surface area contributed by atoms with Gasteiger partial charge in [-0.25, -0.2) is 0 Å². The predicted molar refractivity (Wildman–Crippen MR) is 24.9 cm³/mol. The zero-order valence-electron chi connectivity index (χ0n) is 4.50. The Bertz CT molecular complexity index is 72.2. The average Bonchev–Trinajstić information content (AvgIpc) is 1.89. The van der Waals surface area contributed by atoms with Gasteiger partial charge in [-0.1, -0.05) is 0 Å². The molecule has 0 aliphatic carbocycles. The van der Waals surface area contributed by atoms with Crippen LogP contribution in [-0.4, -0.2) is 19.4 Å². The predicted octanol–water partition coefficient (Wildman–Crippen LogP) is 0.453. The molecular formula is C5H8O3. The topological polar surface area (TPSA) is 27.7 Å². The van der Waals surface area contributed by atoms with E-state index in [4.69, 9.17) is 14.2 Å². The van der Waals surface area contributed by atoms with Crippen molar-refractivity contribution in [2.24, 2.45) is 0 Å². The van der Waals surface area contributed by atoms with Gasteiger partial charge in [-0.15, -0.1) is 0 Å². The lowest BCUT2D eigenvalue weighted by Crippen LogP contribution is -2.39. The standard InChI is InChI=1S/C5H8O3/c1-2-4-7-5(8-4)6-3-1/h4-5H,1-3H2. The molecule has 8 heavy (non-hydrogen) atoms. The molecule has 0 aromatic carbocycles. The highest BCUT2D eigenvalue weighted by atomic mass is 17.0. The summed E-state index contributed by atoms with van der Waals surface area (Å²) in [4.78, 5) is 0. The van der Waals surface area contributed by atoms with E-state index in [1.165, 1.54) is 0 Å². The molecule has 3 rings (SSSR count). The molecule has 0 aromatic rings.